The van der Waals surface area contributed by atoms with Crippen LogP contribution < -0.4 is 0 Å². The van der Waals surface area contributed by atoms with E-state index in [1.165, 1.54) is 0 Å². The minimum atomic E-state index is -2.04. The summed E-state index contributed by atoms with van der Waals surface area (Å²) < 4.78 is 6.50. The van der Waals surface area contributed by atoms with Crippen molar-refractivity contribution in [3.63, 3.8) is 0 Å². The van der Waals surface area contributed by atoms with Crippen LogP contribution in [0.25, 0.3) is 0 Å². The Balaban J connectivity index is 2.38. The molecule has 0 heterocycles. The number of carbonyl (C=O) groups is 1. The number of nitrogens with zero attached hydrogens (tertiary/aromatic N) is 1. The molecule has 2 aliphatic rings. The second-order valence-electron chi connectivity index (χ2n) is 8.64. The molecule has 0 radical (unpaired) electrons. The van der Waals surface area contributed by atoms with Gasteiger partial charge in [0, 0.05) is 11.8 Å². The fourth-order valence-electron chi connectivity index (χ4n) is 3.29. The van der Waals surface area contributed by atoms with E-state index in [4.69, 9.17) is 4.43 Å². The van der Waals surface area contributed by atoms with Gasteiger partial charge in [0.15, 0.2) is 13.9 Å². The Morgan fingerprint density at radius 3 is 2.45 bits per heavy atom. The van der Waals surface area contributed by atoms with Crippen molar-refractivity contribution in [3.05, 3.63) is 11.6 Å². The average Bonchev–Trinajstić information content (AvgIpc) is 2.40. The van der Waals surface area contributed by atoms with Gasteiger partial charge in [-0.3, -0.25) is 4.79 Å². The molecule has 0 aromatic rings. The van der Waals surface area contributed by atoms with E-state index in [2.05, 4.69) is 39.9 Å². The molecule has 0 aliphatic heterocycles. The van der Waals surface area contributed by atoms with Crippen LogP contribution in [0, 0.1) is 16.7 Å². The quantitative estimate of drug-likeness (QED) is 0.545. The third-order valence-corrected chi connectivity index (χ3v) is 10.5. The van der Waals surface area contributed by atoms with Crippen molar-refractivity contribution in [2.24, 2.45) is 5.41 Å². The largest absolute Gasteiger partial charge is 0.396 e. The summed E-state index contributed by atoms with van der Waals surface area (Å²) in [7, 11) is -2.04. The van der Waals surface area contributed by atoms with Crippen molar-refractivity contribution in [3.8, 4) is 6.07 Å². The first-order valence-electron chi connectivity index (χ1n) is 8.33. The maximum atomic E-state index is 12.3. The van der Waals surface area contributed by atoms with Gasteiger partial charge in [-0.1, -0.05) is 26.3 Å². The number of hydrogen-bond donors (Lipinski definition) is 0. The highest BCUT2D eigenvalue weighted by Gasteiger charge is 2.50. The van der Waals surface area contributed by atoms with Gasteiger partial charge >= 0.3 is 0 Å². The SMILES string of the molecule is CC(C)(C)[Si](C)(C)O[C@]1(C#N)C=C2CCCC(=O)[C@@]2(C)CC1. The predicted molar refractivity (Wildman–Crippen MR) is 90.9 cm³/mol. The minimum Gasteiger partial charge on any atom is -0.396 e. The van der Waals surface area contributed by atoms with Crippen molar-refractivity contribution in [2.75, 3.05) is 0 Å². The number of ketones is 1. The standard InChI is InChI=1S/C18H29NO2Si/c1-16(2,3)22(5,6)21-18(13-19)11-10-17(4)14(12-18)8-7-9-15(17)20/h12H,7-11H2,1-6H3/t17-,18-/m0/s1. The number of hydrogen-bond acceptors (Lipinski definition) is 3. The topological polar surface area (TPSA) is 50.1 Å². The molecule has 122 valence electrons. The van der Waals surface area contributed by atoms with Gasteiger partial charge in [0.05, 0.1) is 0 Å². The molecule has 0 spiro atoms. The van der Waals surface area contributed by atoms with Crippen molar-refractivity contribution in [2.45, 2.75) is 83.5 Å². The summed E-state index contributed by atoms with van der Waals surface area (Å²) in [4.78, 5) is 12.3. The fourth-order valence-corrected chi connectivity index (χ4v) is 4.71. The first-order valence-corrected chi connectivity index (χ1v) is 11.2. The molecular weight excluding hydrogens is 290 g/mol. The van der Waals surface area contributed by atoms with Gasteiger partial charge in [0.25, 0.3) is 0 Å². The summed E-state index contributed by atoms with van der Waals surface area (Å²) in [6.07, 6.45) is 5.88. The molecule has 1 saturated carbocycles. The summed E-state index contributed by atoms with van der Waals surface area (Å²) >= 11 is 0. The molecule has 1 fully saturated rings. The molecule has 0 unspecified atom stereocenters. The summed E-state index contributed by atoms with van der Waals surface area (Å²) in [6.45, 7) is 13.0. The molecule has 0 bridgehead atoms. The normalized spacial score (nSPS) is 33.0. The lowest BCUT2D eigenvalue weighted by atomic mass is 9.63. The Labute approximate surface area is 135 Å². The number of Topliss-reactive ketones (excluding diaryl/α,β-unsaturated/α-hetero) is 1. The second kappa shape index (κ2) is 5.32. The van der Waals surface area contributed by atoms with Gasteiger partial charge in [-0.2, -0.15) is 5.26 Å². The minimum absolute atomic E-state index is 0.0679. The van der Waals surface area contributed by atoms with Crippen LogP contribution in [0.2, 0.25) is 18.1 Å². The van der Waals surface area contributed by atoms with Crippen molar-refractivity contribution in [1.29, 1.82) is 5.26 Å². The second-order valence-corrected chi connectivity index (χ2v) is 13.4. The lowest BCUT2D eigenvalue weighted by Crippen LogP contribution is -2.51. The zero-order valence-electron chi connectivity index (χ0n) is 14.9. The van der Waals surface area contributed by atoms with Crippen LogP contribution in [0.3, 0.4) is 0 Å². The summed E-state index contributed by atoms with van der Waals surface area (Å²) in [5.41, 5.74) is -0.0551. The number of rotatable bonds is 2. The molecule has 3 nitrogen and oxygen atoms in total. The molecule has 4 heteroatoms. The van der Waals surface area contributed by atoms with E-state index in [1.807, 2.05) is 13.0 Å². The Morgan fingerprint density at radius 2 is 1.91 bits per heavy atom. The zero-order valence-corrected chi connectivity index (χ0v) is 15.9. The number of fused-ring (bicyclic) bond motifs is 1. The highest BCUT2D eigenvalue weighted by atomic mass is 28.4. The van der Waals surface area contributed by atoms with Crippen LogP contribution in [0.4, 0.5) is 0 Å². The van der Waals surface area contributed by atoms with Crippen LogP contribution in [-0.2, 0) is 9.22 Å². The van der Waals surface area contributed by atoms with E-state index < -0.39 is 13.9 Å². The maximum absolute atomic E-state index is 12.3. The van der Waals surface area contributed by atoms with Gasteiger partial charge in [0.2, 0.25) is 0 Å². The van der Waals surface area contributed by atoms with Crippen LogP contribution in [0.15, 0.2) is 11.6 Å². The van der Waals surface area contributed by atoms with Crippen LogP contribution in [0.1, 0.15) is 59.8 Å². The molecule has 2 aliphatic carbocycles. The van der Waals surface area contributed by atoms with E-state index in [9.17, 15) is 10.1 Å². The predicted octanol–water partition coefficient (Wildman–Crippen LogP) is 4.75. The smallest absolute Gasteiger partial charge is 0.194 e. The van der Waals surface area contributed by atoms with Crippen LogP contribution in [0.5, 0.6) is 0 Å². The molecule has 0 aromatic heterocycles. The third kappa shape index (κ3) is 2.81. The first kappa shape index (κ1) is 17.4. The van der Waals surface area contributed by atoms with Gasteiger partial charge in [-0.15, -0.1) is 0 Å². The van der Waals surface area contributed by atoms with Gasteiger partial charge in [0.1, 0.15) is 11.9 Å². The van der Waals surface area contributed by atoms with Gasteiger partial charge in [-0.25, -0.2) is 0 Å². The van der Waals surface area contributed by atoms with E-state index in [-0.39, 0.29) is 10.5 Å². The molecule has 0 amide bonds. The summed E-state index contributed by atoms with van der Waals surface area (Å²) in [6, 6.07) is 2.44. The Morgan fingerprint density at radius 1 is 1.27 bits per heavy atom. The highest BCUT2D eigenvalue weighted by molar-refractivity contribution is 6.74. The van der Waals surface area contributed by atoms with Crippen molar-refractivity contribution in [1.82, 2.24) is 0 Å². The van der Waals surface area contributed by atoms with Gasteiger partial charge < -0.3 is 4.43 Å². The molecule has 22 heavy (non-hydrogen) atoms. The number of carbonyl (C=O) groups excluding carboxylic acids is 1. The first-order chi connectivity index (χ1) is 9.96. The fraction of sp³-hybridized carbons (Fsp3) is 0.778. The Bertz CT molecular complexity index is 552. The zero-order chi connectivity index (χ0) is 16.8. The lowest BCUT2D eigenvalue weighted by Gasteiger charge is -2.47. The molecule has 0 saturated heterocycles. The third-order valence-electron chi connectivity index (χ3n) is 6.01. The molecular formula is C18H29NO2Si. The van der Waals surface area contributed by atoms with Crippen molar-refractivity contribution < 1.29 is 9.22 Å². The van der Waals surface area contributed by atoms with Crippen molar-refractivity contribution >= 4 is 14.1 Å². The van der Waals surface area contributed by atoms with E-state index in [1.54, 1.807) is 0 Å². The Kier molecular flexibility index (Phi) is 4.21. The molecule has 2 rings (SSSR count). The summed E-state index contributed by atoms with van der Waals surface area (Å²) in [5, 5.41) is 9.90. The number of allylic oxidation sites excluding steroid dienone is 1. The number of nitriles is 1. The van der Waals surface area contributed by atoms with E-state index in [0.717, 1.165) is 24.8 Å². The van der Waals surface area contributed by atoms with Crippen LogP contribution in [-0.4, -0.2) is 19.7 Å². The maximum Gasteiger partial charge on any atom is 0.194 e. The monoisotopic (exact) mass is 319 g/mol. The molecule has 2 atom stereocenters. The lowest BCUT2D eigenvalue weighted by molar-refractivity contribution is -0.128. The van der Waals surface area contributed by atoms with E-state index in [0.29, 0.717) is 18.6 Å². The van der Waals surface area contributed by atoms with E-state index >= 15 is 0 Å². The highest BCUT2D eigenvalue weighted by Crippen LogP contribution is 2.50. The summed E-state index contributed by atoms with van der Waals surface area (Å²) in [5.74, 6) is 0.337. The average molecular weight is 320 g/mol. The Hall–Kier alpha value is -0.923. The van der Waals surface area contributed by atoms with Crippen LogP contribution >= 0.6 is 0 Å². The van der Waals surface area contributed by atoms with Gasteiger partial charge in [-0.05, 0) is 56.8 Å². The molecule has 0 N–H and O–H groups in total. The molecule has 0 aromatic carbocycles.